The van der Waals surface area contributed by atoms with Gasteiger partial charge in [0.1, 0.15) is 0 Å². The first kappa shape index (κ1) is 16.2. The van der Waals surface area contributed by atoms with E-state index in [0.29, 0.717) is 6.08 Å². The fraction of sp³-hybridized carbons (Fsp3) is 0.643. The zero-order valence-electron chi connectivity index (χ0n) is 12.0. The van der Waals surface area contributed by atoms with Crippen molar-refractivity contribution >= 4 is 17.9 Å². The summed E-state index contributed by atoms with van der Waals surface area (Å²) in [5.74, 6) is -1.20. The van der Waals surface area contributed by atoms with Crippen LogP contribution in [0.15, 0.2) is 12.2 Å². The Hall–Kier alpha value is -1.85. The third-order valence-electron chi connectivity index (χ3n) is 3.87. The topological polar surface area (TPSA) is 86.7 Å². The molecule has 112 valence electrons. The Morgan fingerprint density at radius 3 is 2.30 bits per heavy atom. The lowest BCUT2D eigenvalue weighted by molar-refractivity contribution is -0.131. The Kier molecular flexibility index (Phi) is 6.21. The number of nitrogens with one attached hydrogen (secondary N) is 1. The van der Waals surface area contributed by atoms with Gasteiger partial charge in [-0.1, -0.05) is 13.3 Å². The molecule has 0 saturated heterocycles. The minimum absolute atomic E-state index is 0.147. The minimum Gasteiger partial charge on any atom is -0.478 e. The minimum atomic E-state index is -1.22. The van der Waals surface area contributed by atoms with Gasteiger partial charge in [-0.05, 0) is 31.6 Å². The Balaban J connectivity index is 2.43. The Morgan fingerprint density at radius 2 is 1.80 bits per heavy atom. The van der Waals surface area contributed by atoms with Gasteiger partial charge in [0.15, 0.2) is 0 Å². The number of nitrogens with zero attached hydrogens (tertiary/aromatic N) is 1. The molecule has 0 bridgehead atoms. The van der Waals surface area contributed by atoms with Crippen LogP contribution < -0.4 is 5.32 Å². The average Bonchev–Trinajstić information content (AvgIpc) is 2.44. The van der Waals surface area contributed by atoms with Crippen LogP contribution in [0.3, 0.4) is 0 Å². The number of carboxylic acids is 1. The summed E-state index contributed by atoms with van der Waals surface area (Å²) in [6, 6.07) is -0.334. The van der Waals surface area contributed by atoms with Gasteiger partial charge < -0.3 is 10.0 Å². The van der Waals surface area contributed by atoms with Gasteiger partial charge in [0, 0.05) is 25.2 Å². The van der Waals surface area contributed by atoms with E-state index in [4.69, 9.17) is 5.11 Å². The van der Waals surface area contributed by atoms with Gasteiger partial charge in [-0.25, -0.2) is 9.59 Å². The molecule has 0 aromatic rings. The van der Waals surface area contributed by atoms with Gasteiger partial charge in [-0.2, -0.15) is 0 Å². The van der Waals surface area contributed by atoms with Crippen LogP contribution in [0.4, 0.5) is 4.79 Å². The molecule has 3 amide bonds. The zero-order chi connectivity index (χ0) is 15.1. The Labute approximate surface area is 118 Å². The lowest BCUT2D eigenvalue weighted by atomic mass is 9.84. The molecule has 1 fully saturated rings. The van der Waals surface area contributed by atoms with Gasteiger partial charge in [0.2, 0.25) is 0 Å². The number of imide groups is 1. The number of carbonyl (C=O) groups excluding carboxylic acids is 2. The predicted molar refractivity (Wildman–Crippen MR) is 74.1 cm³/mol. The van der Waals surface area contributed by atoms with Gasteiger partial charge in [-0.3, -0.25) is 10.1 Å². The van der Waals surface area contributed by atoms with Crippen LogP contribution in [-0.4, -0.2) is 41.0 Å². The predicted octanol–water partition coefficient (Wildman–Crippen LogP) is 1.76. The van der Waals surface area contributed by atoms with Crippen LogP contribution in [0.25, 0.3) is 0 Å². The highest BCUT2D eigenvalue weighted by Crippen LogP contribution is 2.28. The maximum absolute atomic E-state index is 11.9. The van der Waals surface area contributed by atoms with Gasteiger partial charge in [0.05, 0.1) is 0 Å². The molecule has 0 aromatic carbocycles. The lowest BCUT2D eigenvalue weighted by Gasteiger charge is -2.34. The second-order valence-electron chi connectivity index (χ2n) is 5.16. The molecule has 1 aliphatic carbocycles. The number of hydrogen-bond donors (Lipinski definition) is 2. The van der Waals surface area contributed by atoms with Crippen molar-refractivity contribution in [3.8, 4) is 0 Å². The summed E-state index contributed by atoms with van der Waals surface area (Å²) >= 11 is 0. The molecule has 1 saturated carbocycles. The van der Waals surface area contributed by atoms with Gasteiger partial charge >= 0.3 is 12.0 Å². The first-order valence-corrected chi connectivity index (χ1v) is 6.92. The molecule has 0 aromatic heterocycles. The second kappa shape index (κ2) is 7.67. The number of carbonyl (C=O) groups is 3. The van der Waals surface area contributed by atoms with Crippen molar-refractivity contribution in [1.29, 1.82) is 0 Å². The van der Waals surface area contributed by atoms with Gasteiger partial charge in [0.25, 0.3) is 5.91 Å². The Morgan fingerprint density at radius 1 is 1.20 bits per heavy atom. The standard InChI is InChI=1S/C14H22N2O4/c1-3-10-4-6-11(7-5-10)16(2)14(20)15-12(17)8-9-13(18)19/h8-11H,3-7H2,1-2H3,(H,18,19)(H,15,17,20). The third kappa shape index (κ3) is 5.03. The van der Waals surface area contributed by atoms with Crippen LogP contribution >= 0.6 is 0 Å². The molecule has 0 heterocycles. The van der Waals surface area contributed by atoms with E-state index in [2.05, 4.69) is 12.2 Å². The number of urea groups is 1. The fourth-order valence-corrected chi connectivity index (χ4v) is 2.49. The molecule has 1 aliphatic rings. The monoisotopic (exact) mass is 282 g/mol. The van der Waals surface area contributed by atoms with Crippen LogP contribution in [0.1, 0.15) is 39.0 Å². The highest BCUT2D eigenvalue weighted by atomic mass is 16.4. The van der Waals surface area contributed by atoms with E-state index >= 15 is 0 Å². The molecule has 0 atom stereocenters. The van der Waals surface area contributed by atoms with Crippen molar-refractivity contribution in [3.63, 3.8) is 0 Å². The number of amides is 3. The first-order valence-electron chi connectivity index (χ1n) is 6.92. The molecular weight excluding hydrogens is 260 g/mol. The first-order chi connectivity index (χ1) is 9.43. The molecule has 0 unspecified atom stereocenters. The Bertz CT molecular complexity index is 398. The quantitative estimate of drug-likeness (QED) is 0.769. The summed E-state index contributed by atoms with van der Waals surface area (Å²) < 4.78 is 0. The smallest absolute Gasteiger partial charge is 0.328 e. The summed E-state index contributed by atoms with van der Waals surface area (Å²) in [6.45, 7) is 2.18. The fourth-order valence-electron chi connectivity index (χ4n) is 2.49. The maximum Gasteiger partial charge on any atom is 0.328 e. The lowest BCUT2D eigenvalue weighted by Crippen LogP contribution is -2.46. The van der Waals surface area contributed by atoms with Crippen molar-refractivity contribution in [1.82, 2.24) is 10.2 Å². The normalized spacial score (nSPS) is 22.5. The molecule has 6 heteroatoms. The van der Waals surface area contributed by atoms with Crippen LogP contribution in [-0.2, 0) is 9.59 Å². The molecule has 1 rings (SSSR count). The third-order valence-corrected chi connectivity index (χ3v) is 3.87. The van der Waals surface area contributed by atoms with Crippen molar-refractivity contribution in [2.75, 3.05) is 7.05 Å². The van der Waals surface area contributed by atoms with Crippen molar-refractivity contribution in [3.05, 3.63) is 12.2 Å². The largest absolute Gasteiger partial charge is 0.478 e. The number of carboxylic acid groups (broad SMARTS) is 1. The summed E-state index contributed by atoms with van der Waals surface area (Å²) in [4.78, 5) is 35.0. The van der Waals surface area contributed by atoms with E-state index < -0.39 is 17.9 Å². The molecule has 0 aliphatic heterocycles. The highest BCUT2D eigenvalue weighted by Gasteiger charge is 2.26. The second-order valence-corrected chi connectivity index (χ2v) is 5.16. The van der Waals surface area contributed by atoms with E-state index in [0.717, 1.165) is 37.7 Å². The van der Waals surface area contributed by atoms with E-state index in [-0.39, 0.29) is 6.04 Å². The summed E-state index contributed by atoms with van der Waals surface area (Å²) in [5, 5.41) is 10.6. The average molecular weight is 282 g/mol. The van der Waals surface area contributed by atoms with Crippen LogP contribution in [0.5, 0.6) is 0 Å². The highest BCUT2D eigenvalue weighted by molar-refractivity contribution is 6.02. The molecule has 0 radical (unpaired) electrons. The SMILES string of the molecule is CCC1CCC(N(C)C(=O)NC(=O)C=CC(=O)O)CC1. The van der Waals surface area contributed by atoms with E-state index in [1.165, 1.54) is 6.42 Å². The van der Waals surface area contributed by atoms with Crippen molar-refractivity contribution in [2.24, 2.45) is 5.92 Å². The van der Waals surface area contributed by atoms with E-state index in [1.807, 2.05) is 0 Å². The number of hydrogen-bond acceptors (Lipinski definition) is 3. The van der Waals surface area contributed by atoms with Crippen LogP contribution in [0.2, 0.25) is 0 Å². The van der Waals surface area contributed by atoms with Crippen LogP contribution in [0, 0.1) is 5.92 Å². The molecule has 6 nitrogen and oxygen atoms in total. The van der Waals surface area contributed by atoms with E-state index in [1.54, 1.807) is 11.9 Å². The molecular formula is C14H22N2O4. The number of aliphatic carboxylic acids is 1. The zero-order valence-corrected chi connectivity index (χ0v) is 12.0. The molecule has 0 spiro atoms. The molecule has 20 heavy (non-hydrogen) atoms. The summed E-state index contributed by atoms with van der Waals surface area (Å²) in [5.41, 5.74) is 0. The summed E-state index contributed by atoms with van der Waals surface area (Å²) in [7, 11) is 1.67. The number of rotatable bonds is 4. The summed E-state index contributed by atoms with van der Waals surface area (Å²) in [6.07, 6.45) is 6.80. The molecule has 2 N–H and O–H groups in total. The van der Waals surface area contributed by atoms with Gasteiger partial charge in [-0.15, -0.1) is 0 Å². The van der Waals surface area contributed by atoms with E-state index in [9.17, 15) is 14.4 Å². The van der Waals surface area contributed by atoms with Crippen molar-refractivity contribution in [2.45, 2.75) is 45.1 Å². The maximum atomic E-state index is 11.9. The van der Waals surface area contributed by atoms with Crippen molar-refractivity contribution < 1.29 is 19.5 Å².